The van der Waals surface area contributed by atoms with Gasteiger partial charge in [-0.3, -0.25) is 0 Å². The number of hydrogen-bond acceptors (Lipinski definition) is 5. The smallest absolute Gasteiger partial charge is 0.263 e. The van der Waals surface area contributed by atoms with Gasteiger partial charge < -0.3 is 9.84 Å². The summed E-state index contributed by atoms with van der Waals surface area (Å²) in [6.45, 7) is 4.59. The zero-order valence-corrected chi connectivity index (χ0v) is 14.4. The largest absolute Gasteiger partial charge is 0.366 e. The molecule has 1 aliphatic rings. The fraction of sp³-hybridized carbons (Fsp3) is 0.421. The fourth-order valence-electron chi connectivity index (χ4n) is 3.66. The summed E-state index contributed by atoms with van der Waals surface area (Å²) in [6.07, 6.45) is 5.09. The van der Waals surface area contributed by atoms with Gasteiger partial charge in [0.1, 0.15) is 29.0 Å². The van der Waals surface area contributed by atoms with Crippen molar-refractivity contribution >= 4 is 16.9 Å². The molecule has 0 bridgehead atoms. The van der Waals surface area contributed by atoms with Crippen molar-refractivity contribution < 1.29 is 8.91 Å². The van der Waals surface area contributed by atoms with Crippen LogP contribution in [0.2, 0.25) is 0 Å². The molecule has 0 spiro atoms. The van der Waals surface area contributed by atoms with Gasteiger partial charge in [-0.25, -0.2) is 9.37 Å². The molecule has 3 aromatic rings. The number of rotatable bonds is 3. The molecular formula is C19H21FN4O. The van der Waals surface area contributed by atoms with Crippen LogP contribution < -0.4 is 5.32 Å². The number of fused-ring (bicyclic) bond motifs is 1. The molecular weight excluding hydrogens is 319 g/mol. The van der Waals surface area contributed by atoms with Crippen molar-refractivity contribution in [3.8, 4) is 11.3 Å². The summed E-state index contributed by atoms with van der Waals surface area (Å²) in [4.78, 5) is 8.62. The van der Waals surface area contributed by atoms with Gasteiger partial charge in [0.2, 0.25) is 0 Å². The monoisotopic (exact) mass is 340 g/mol. The highest BCUT2D eigenvalue weighted by Crippen LogP contribution is 2.35. The lowest BCUT2D eigenvalue weighted by Crippen LogP contribution is -2.35. The van der Waals surface area contributed by atoms with Crippen molar-refractivity contribution in [2.24, 2.45) is 11.8 Å². The highest BCUT2D eigenvalue weighted by molar-refractivity contribution is 5.97. The quantitative estimate of drug-likeness (QED) is 0.751. The Labute approximate surface area is 145 Å². The first-order valence-corrected chi connectivity index (χ1v) is 8.76. The molecule has 5 nitrogen and oxygen atoms in total. The Hall–Kier alpha value is -2.50. The van der Waals surface area contributed by atoms with E-state index in [-0.39, 0.29) is 5.82 Å². The number of halogens is 1. The topological polar surface area (TPSA) is 63.8 Å². The third-order valence-corrected chi connectivity index (χ3v) is 5.42. The summed E-state index contributed by atoms with van der Waals surface area (Å²) in [5.74, 6) is 1.70. The minimum Gasteiger partial charge on any atom is -0.366 e. The van der Waals surface area contributed by atoms with E-state index < -0.39 is 0 Å². The van der Waals surface area contributed by atoms with Gasteiger partial charge in [0.15, 0.2) is 0 Å². The molecule has 0 unspecified atom stereocenters. The average Bonchev–Trinajstić information content (AvgIpc) is 3.05. The molecule has 4 rings (SSSR count). The maximum atomic E-state index is 13.2. The molecule has 1 N–H and O–H groups in total. The van der Waals surface area contributed by atoms with Crippen LogP contribution in [-0.4, -0.2) is 21.2 Å². The minimum atomic E-state index is -0.281. The first-order valence-electron chi connectivity index (χ1n) is 8.76. The Morgan fingerprint density at radius 3 is 2.72 bits per heavy atom. The van der Waals surface area contributed by atoms with Crippen LogP contribution in [0.25, 0.3) is 22.4 Å². The number of aromatic nitrogens is 3. The van der Waals surface area contributed by atoms with Crippen molar-refractivity contribution in [2.75, 3.05) is 5.32 Å². The van der Waals surface area contributed by atoms with Crippen LogP contribution in [0.5, 0.6) is 0 Å². The number of hydrogen-bond donors (Lipinski definition) is 1. The molecule has 6 heteroatoms. The molecule has 2 aromatic heterocycles. The number of nitrogens with zero attached hydrogens (tertiary/aromatic N) is 3. The second-order valence-electron chi connectivity index (χ2n) is 6.96. The van der Waals surface area contributed by atoms with Crippen LogP contribution >= 0.6 is 0 Å². The third-order valence-electron chi connectivity index (χ3n) is 5.42. The van der Waals surface area contributed by atoms with Crippen molar-refractivity contribution in [1.29, 1.82) is 0 Å². The van der Waals surface area contributed by atoms with Crippen LogP contribution in [-0.2, 0) is 0 Å². The zero-order chi connectivity index (χ0) is 17.4. The normalized spacial score (nSPS) is 23.7. The van der Waals surface area contributed by atoms with Crippen LogP contribution in [0.15, 0.2) is 35.1 Å². The molecule has 0 aliphatic heterocycles. The number of nitrogens with one attached hydrogen (secondary N) is 1. The van der Waals surface area contributed by atoms with Crippen LogP contribution in [0.3, 0.4) is 0 Å². The number of benzene rings is 1. The van der Waals surface area contributed by atoms with E-state index in [1.165, 1.54) is 31.3 Å². The molecule has 25 heavy (non-hydrogen) atoms. The highest BCUT2D eigenvalue weighted by Gasteiger charge is 2.28. The van der Waals surface area contributed by atoms with Crippen molar-refractivity contribution in [3.05, 3.63) is 36.4 Å². The average molecular weight is 340 g/mol. The van der Waals surface area contributed by atoms with E-state index in [2.05, 4.69) is 34.3 Å². The Bertz CT molecular complexity index is 877. The number of anilines is 1. The predicted molar refractivity (Wildman–Crippen MR) is 94.6 cm³/mol. The molecule has 0 radical (unpaired) electrons. The van der Waals surface area contributed by atoms with Crippen LogP contribution in [0, 0.1) is 17.7 Å². The van der Waals surface area contributed by atoms with Crippen LogP contribution in [0.4, 0.5) is 10.2 Å². The van der Waals surface area contributed by atoms with E-state index in [4.69, 9.17) is 4.52 Å². The summed E-state index contributed by atoms with van der Waals surface area (Å²) in [5, 5.41) is 8.48. The Kier molecular flexibility index (Phi) is 4.11. The van der Waals surface area contributed by atoms with E-state index in [9.17, 15) is 4.39 Å². The summed E-state index contributed by atoms with van der Waals surface area (Å²) >= 11 is 0. The standard InChI is InChI=1S/C19H21FN4O/c1-11-4-3-5-15(12(11)2)23-18-16-17(13-6-8-14(20)9-7-13)24-25-19(16)22-10-21-18/h6-12,15H,3-5H2,1-2H3,(H,21,22,23)/t11-,12+,15-/m1/s1. The Morgan fingerprint density at radius 2 is 1.92 bits per heavy atom. The van der Waals surface area contributed by atoms with E-state index in [0.29, 0.717) is 29.3 Å². The fourth-order valence-corrected chi connectivity index (χ4v) is 3.66. The second kappa shape index (κ2) is 6.43. The summed E-state index contributed by atoms with van der Waals surface area (Å²) in [6, 6.07) is 6.57. The molecule has 2 heterocycles. The molecule has 1 aliphatic carbocycles. The molecule has 1 fully saturated rings. The lowest BCUT2D eigenvalue weighted by atomic mass is 9.78. The van der Waals surface area contributed by atoms with Crippen molar-refractivity contribution in [3.63, 3.8) is 0 Å². The van der Waals surface area contributed by atoms with Gasteiger partial charge in [0.25, 0.3) is 5.71 Å². The second-order valence-corrected chi connectivity index (χ2v) is 6.96. The lowest BCUT2D eigenvalue weighted by molar-refractivity contribution is 0.253. The van der Waals surface area contributed by atoms with Gasteiger partial charge in [-0.1, -0.05) is 31.8 Å². The van der Waals surface area contributed by atoms with E-state index in [1.807, 2.05) is 0 Å². The third kappa shape index (κ3) is 2.97. The highest BCUT2D eigenvalue weighted by atomic mass is 19.1. The maximum absolute atomic E-state index is 13.2. The molecule has 130 valence electrons. The summed E-state index contributed by atoms with van der Waals surface area (Å²) in [5.41, 5.74) is 1.85. The molecule has 3 atom stereocenters. The zero-order valence-electron chi connectivity index (χ0n) is 14.4. The minimum absolute atomic E-state index is 0.281. The molecule has 1 aromatic carbocycles. The van der Waals surface area contributed by atoms with Crippen LogP contribution in [0.1, 0.15) is 33.1 Å². The van der Waals surface area contributed by atoms with Gasteiger partial charge in [-0.2, -0.15) is 4.98 Å². The molecule has 0 amide bonds. The van der Waals surface area contributed by atoms with E-state index in [0.717, 1.165) is 23.2 Å². The van der Waals surface area contributed by atoms with E-state index in [1.54, 1.807) is 12.1 Å². The summed E-state index contributed by atoms with van der Waals surface area (Å²) < 4.78 is 18.6. The predicted octanol–water partition coefficient (Wildman–Crippen LogP) is 4.66. The molecule has 0 saturated heterocycles. The molecule has 1 saturated carbocycles. The van der Waals surface area contributed by atoms with Gasteiger partial charge in [-0.05, 0) is 42.5 Å². The Morgan fingerprint density at radius 1 is 1.12 bits per heavy atom. The van der Waals surface area contributed by atoms with Crippen molar-refractivity contribution in [2.45, 2.75) is 39.2 Å². The van der Waals surface area contributed by atoms with Gasteiger partial charge >= 0.3 is 0 Å². The van der Waals surface area contributed by atoms with Gasteiger partial charge in [0, 0.05) is 11.6 Å². The maximum Gasteiger partial charge on any atom is 0.263 e. The first kappa shape index (κ1) is 16.0. The SMILES string of the molecule is C[C@H]1[C@H](C)CCC[C@H]1Nc1ncnc2onc(-c3ccc(F)cc3)c12. The van der Waals surface area contributed by atoms with Gasteiger partial charge in [-0.15, -0.1) is 0 Å². The summed E-state index contributed by atoms with van der Waals surface area (Å²) in [7, 11) is 0. The van der Waals surface area contributed by atoms with Gasteiger partial charge in [0.05, 0.1) is 0 Å². The Balaban J connectivity index is 1.74. The van der Waals surface area contributed by atoms with E-state index >= 15 is 0 Å². The lowest BCUT2D eigenvalue weighted by Gasteiger charge is -2.35. The van der Waals surface area contributed by atoms with Crippen molar-refractivity contribution in [1.82, 2.24) is 15.1 Å². The first-order chi connectivity index (χ1) is 12.1.